The Morgan fingerprint density at radius 2 is 1.69 bits per heavy atom. The van der Waals surface area contributed by atoms with Gasteiger partial charge < -0.3 is 15.5 Å². The number of piperazine rings is 1. The predicted octanol–water partition coefficient (Wildman–Crippen LogP) is 3.32. The smallest absolute Gasteiger partial charge is 0.355 e. The van der Waals surface area contributed by atoms with Gasteiger partial charge in [0.1, 0.15) is 0 Å². The largest absolute Gasteiger partial charge is 0.416 e. The average Bonchev–Trinajstić information content (AvgIpc) is 3.31. The number of hydrogen-bond acceptors (Lipinski definition) is 3. The van der Waals surface area contributed by atoms with Crippen LogP contribution in [0.1, 0.15) is 36.8 Å². The van der Waals surface area contributed by atoms with Gasteiger partial charge in [0.25, 0.3) is 0 Å². The van der Waals surface area contributed by atoms with E-state index in [1.165, 1.54) is 25.0 Å². The highest BCUT2D eigenvalue weighted by Gasteiger charge is 2.30. The summed E-state index contributed by atoms with van der Waals surface area (Å²) < 4.78 is 37.9. The van der Waals surface area contributed by atoms with E-state index in [-0.39, 0.29) is 29.9 Å². The lowest BCUT2D eigenvalue weighted by molar-refractivity contribution is -0.138. The summed E-state index contributed by atoms with van der Waals surface area (Å²) in [5, 5.41) is 6.36. The van der Waals surface area contributed by atoms with Crippen molar-refractivity contribution in [2.24, 2.45) is 10.9 Å². The Kier molecular flexibility index (Phi) is 10.5. The molecule has 32 heavy (non-hydrogen) atoms. The molecule has 2 N–H and O–H groups in total. The summed E-state index contributed by atoms with van der Waals surface area (Å²) in [5.41, 5.74) is 0.0998. The summed E-state index contributed by atoms with van der Waals surface area (Å²) in [5.74, 6) is 1.19. The molecule has 1 aromatic carbocycles. The molecule has 10 heteroatoms. The van der Waals surface area contributed by atoms with E-state index in [9.17, 15) is 18.0 Å². The highest BCUT2D eigenvalue weighted by atomic mass is 127. The Morgan fingerprint density at radius 3 is 2.25 bits per heavy atom. The highest BCUT2D eigenvalue weighted by molar-refractivity contribution is 14.0. The lowest BCUT2D eigenvalue weighted by Gasteiger charge is -2.36. The third-order valence-corrected chi connectivity index (χ3v) is 6.07. The van der Waals surface area contributed by atoms with Crippen LogP contribution in [0.3, 0.4) is 0 Å². The van der Waals surface area contributed by atoms with E-state index in [0.717, 1.165) is 63.3 Å². The number of guanidine groups is 1. The molecule has 0 atom stereocenters. The molecular weight excluding hydrogens is 534 g/mol. The monoisotopic (exact) mass is 567 g/mol. The molecule has 0 bridgehead atoms. The molecular formula is C22H33F3IN5O. The van der Waals surface area contributed by atoms with Crippen LogP contribution in [0.4, 0.5) is 13.2 Å². The molecule has 0 radical (unpaired) electrons. The lowest BCUT2D eigenvalue weighted by atomic mass is 10.1. The van der Waals surface area contributed by atoms with Crippen LogP contribution in [-0.4, -0.2) is 68.0 Å². The number of nitrogens with zero attached hydrogens (tertiary/aromatic N) is 3. The summed E-state index contributed by atoms with van der Waals surface area (Å²) in [6, 6.07) is 5.11. The molecule has 1 saturated carbocycles. The zero-order chi connectivity index (χ0) is 22.3. The number of amides is 1. The first-order chi connectivity index (χ1) is 14.9. The van der Waals surface area contributed by atoms with Crippen molar-refractivity contribution in [2.45, 2.75) is 38.4 Å². The van der Waals surface area contributed by atoms with Crippen molar-refractivity contribution in [2.75, 3.05) is 46.3 Å². The van der Waals surface area contributed by atoms with Crippen LogP contribution in [0, 0.1) is 5.92 Å². The van der Waals surface area contributed by atoms with E-state index < -0.39 is 11.7 Å². The number of alkyl halides is 3. The van der Waals surface area contributed by atoms with Crippen LogP contribution in [0.2, 0.25) is 0 Å². The zero-order valence-corrected chi connectivity index (χ0v) is 20.8. The number of benzene rings is 1. The second kappa shape index (κ2) is 12.6. The molecule has 1 aromatic rings. The van der Waals surface area contributed by atoms with Gasteiger partial charge >= 0.3 is 6.18 Å². The van der Waals surface area contributed by atoms with Gasteiger partial charge in [0, 0.05) is 58.8 Å². The van der Waals surface area contributed by atoms with Crippen LogP contribution < -0.4 is 10.6 Å². The number of halogens is 4. The van der Waals surface area contributed by atoms with E-state index in [4.69, 9.17) is 0 Å². The van der Waals surface area contributed by atoms with E-state index >= 15 is 0 Å². The van der Waals surface area contributed by atoms with Crippen molar-refractivity contribution in [1.82, 2.24) is 20.4 Å². The second-order valence-corrected chi connectivity index (χ2v) is 8.20. The molecule has 3 rings (SSSR count). The molecule has 0 unspecified atom stereocenters. The van der Waals surface area contributed by atoms with Gasteiger partial charge in [-0.15, -0.1) is 24.0 Å². The number of hydrogen-bond donors (Lipinski definition) is 2. The van der Waals surface area contributed by atoms with E-state index in [0.29, 0.717) is 25.0 Å². The maximum absolute atomic E-state index is 12.6. The molecule has 2 fully saturated rings. The van der Waals surface area contributed by atoms with Crippen LogP contribution in [-0.2, 0) is 17.5 Å². The molecule has 0 aromatic heterocycles. The third-order valence-electron chi connectivity index (χ3n) is 6.07. The molecule has 2 aliphatic rings. The molecule has 1 aliphatic carbocycles. The molecule has 180 valence electrons. The standard InChI is InChI=1S/C22H32F3N5O.HI/c1-26-21(28-16-17-6-8-19(9-7-17)22(23,24)25)27-10-11-29-12-14-30(15-13-29)20(31)18-4-2-3-5-18;/h6-9,18H,2-5,10-16H2,1H3,(H2,26,27,28);1H. The van der Waals surface area contributed by atoms with Crippen molar-refractivity contribution < 1.29 is 18.0 Å². The van der Waals surface area contributed by atoms with Gasteiger partial charge in [0.2, 0.25) is 5.91 Å². The summed E-state index contributed by atoms with van der Waals surface area (Å²) in [4.78, 5) is 21.0. The van der Waals surface area contributed by atoms with Crippen molar-refractivity contribution in [3.63, 3.8) is 0 Å². The Bertz CT molecular complexity index is 743. The van der Waals surface area contributed by atoms with Crippen LogP contribution in [0.25, 0.3) is 0 Å². The van der Waals surface area contributed by atoms with Gasteiger partial charge in [-0.25, -0.2) is 0 Å². The predicted molar refractivity (Wildman–Crippen MR) is 130 cm³/mol. The maximum Gasteiger partial charge on any atom is 0.416 e. The molecule has 1 amide bonds. The lowest BCUT2D eigenvalue weighted by Crippen LogP contribution is -2.51. The first-order valence-corrected chi connectivity index (χ1v) is 11.0. The number of rotatable bonds is 6. The number of carbonyl (C=O) groups excluding carboxylic acids is 1. The summed E-state index contributed by atoms with van der Waals surface area (Å²) >= 11 is 0. The minimum absolute atomic E-state index is 0. The van der Waals surface area contributed by atoms with Gasteiger partial charge in [-0.1, -0.05) is 25.0 Å². The molecule has 0 spiro atoms. The molecule has 6 nitrogen and oxygen atoms in total. The third kappa shape index (κ3) is 7.79. The molecule has 1 saturated heterocycles. The maximum atomic E-state index is 12.6. The van der Waals surface area contributed by atoms with E-state index in [1.807, 2.05) is 4.90 Å². The van der Waals surface area contributed by atoms with Crippen molar-refractivity contribution in [1.29, 1.82) is 0 Å². The molecule has 1 aliphatic heterocycles. The minimum Gasteiger partial charge on any atom is -0.355 e. The summed E-state index contributed by atoms with van der Waals surface area (Å²) in [7, 11) is 1.66. The van der Waals surface area contributed by atoms with Gasteiger partial charge in [-0.3, -0.25) is 14.7 Å². The van der Waals surface area contributed by atoms with Crippen molar-refractivity contribution in [3.8, 4) is 0 Å². The summed E-state index contributed by atoms with van der Waals surface area (Å²) in [6.45, 7) is 5.25. The highest BCUT2D eigenvalue weighted by Crippen LogP contribution is 2.29. The zero-order valence-electron chi connectivity index (χ0n) is 18.5. The Labute approximate surface area is 205 Å². The first kappa shape index (κ1) is 26.7. The number of carbonyl (C=O) groups is 1. The van der Waals surface area contributed by atoms with Gasteiger partial charge in [0.05, 0.1) is 5.56 Å². The normalized spacial score (nSPS) is 18.4. The van der Waals surface area contributed by atoms with Crippen LogP contribution >= 0.6 is 24.0 Å². The van der Waals surface area contributed by atoms with Gasteiger partial charge in [-0.2, -0.15) is 13.2 Å². The van der Waals surface area contributed by atoms with Crippen LogP contribution in [0.15, 0.2) is 29.3 Å². The fourth-order valence-electron chi connectivity index (χ4n) is 4.17. The fourth-order valence-corrected chi connectivity index (χ4v) is 4.17. The van der Waals surface area contributed by atoms with Gasteiger partial charge in [0.15, 0.2) is 5.96 Å². The molecule has 1 heterocycles. The second-order valence-electron chi connectivity index (χ2n) is 8.20. The fraction of sp³-hybridized carbons (Fsp3) is 0.636. The minimum atomic E-state index is -4.32. The summed E-state index contributed by atoms with van der Waals surface area (Å²) in [6.07, 6.45) is 0.120. The first-order valence-electron chi connectivity index (χ1n) is 11.0. The Balaban J connectivity index is 0.00000363. The van der Waals surface area contributed by atoms with Crippen LogP contribution in [0.5, 0.6) is 0 Å². The topological polar surface area (TPSA) is 60.0 Å². The van der Waals surface area contributed by atoms with Gasteiger partial charge in [-0.05, 0) is 30.5 Å². The average molecular weight is 567 g/mol. The SMILES string of the molecule is CN=C(NCCN1CCN(C(=O)C2CCCC2)CC1)NCc1ccc(C(F)(F)F)cc1.I. The number of aliphatic imine (C=N–C) groups is 1. The van der Waals surface area contributed by atoms with E-state index in [2.05, 4.69) is 20.5 Å². The van der Waals surface area contributed by atoms with E-state index in [1.54, 1.807) is 7.05 Å². The Hall–Kier alpha value is -1.56. The quantitative estimate of drug-likeness (QED) is 0.315. The number of nitrogens with one attached hydrogen (secondary N) is 2. The van der Waals surface area contributed by atoms with Crippen molar-refractivity contribution in [3.05, 3.63) is 35.4 Å². The van der Waals surface area contributed by atoms with Crippen molar-refractivity contribution >= 4 is 35.8 Å². The Morgan fingerprint density at radius 1 is 1.06 bits per heavy atom.